The lowest BCUT2D eigenvalue weighted by molar-refractivity contribution is 0.0997. The SMILES string of the molecule is C=C(Nc1ccc(Oc2ccnc3cc(OC)c(C(N)=O)cc23)cc1Cl)N1CC[C@H](O)C1. The minimum absolute atomic E-state index is 0.237. The number of aliphatic hydroxyl groups excluding tert-OH is 1. The third-order valence-electron chi connectivity index (χ3n) is 5.28. The number of aliphatic hydroxyl groups is 1. The van der Waals surface area contributed by atoms with Crippen LogP contribution in [0, 0.1) is 0 Å². The predicted molar refractivity (Wildman–Crippen MR) is 123 cm³/mol. The molecular weight excluding hydrogens is 432 g/mol. The fraction of sp³-hybridized carbons (Fsp3) is 0.217. The molecule has 1 aliphatic rings. The van der Waals surface area contributed by atoms with E-state index in [0.717, 1.165) is 6.54 Å². The van der Waals surface area contributed by atoms with Crippen molar-refractivity contribution >= 4 is 34.1 Å². The second-order valence-electron chi connectivity index (χ2n) is 7.45. The molecule has 2 aromatic carbocycles. The average molecular weight is 455 g/mol. The third kappa shape index (κ3) is 4.42. The van der Waals surface area contributed by atoms with Gasteiger partial charge in [-0.2, -0.15) is 0 Å². The maximum absolute atomic E-state index is 11.8. The molecule has 0 bridgehead atoms. The summed E-state index contributed by atoms with van der Waals surface area (Å²) in [5, 5.41) is 13.9. The normalized spacial score (nSPS) is 15.6. The average Bonchev–Trinajstić information content (AvgIpc) is 3.21. The van der Waals surface area contributed by atoms with Crippen molar-refractivity contribution < 1.29 is 19.4 Å². The number of amides is 1. The minimum atomic E-state index is -0.609. The number of halogens is 1. The first-order chi connectivity index (χ1) is 15.4. The van der Waals surface area contributed by atoms with Crippen molar-refractivity contribution in [3.8, 4) is 17.2 Å². The Labute approximate surface area is 190 Å². The fourth-order valence-corrected chi connectivity index (χ4v) is 3.83. The van der Waals surface area contributed by atoms with Gasteiger partial charge < -0.3 is 30.5 Å². The molecule has 2 heterocycles. The van der Waals surface area contributed by atoms with Crippen LogP contribution in [-0.2, 0) is 0 Å². The summed E-state index contributed by atoms with van der Waals surface area (Å²) in [5.74, 6) is 1.41. The van der Waals surface area contributed by atoms with Gasteiger partial charge in [0.15, 0.2) is 0 Å². The van der Waals surface area contributed by atoms with Gasteiger partial charge in [-0.3, -0.25) is 9.78 Å². The Morgan fingerprint density at radius 1 is 1.31 bits per heavy atom. The van der Waals surface area contributed by atoms with Gasteiger partial charge in [0.05, 0.1) is 40.8 Å². The van der Waals surface area contributed by atoms with Gasteiger partial charge in [-0.05, 0) is 30.7 Å². The Hall–Kier alpha value is -3.49. The number of carbonyl (C=O) groups excluding carboxylic acids is 1. The van der Waals surface area contributed by atoms with Crippen LogP contribution in [0.3, 0.4) is 0 Å². The summed E-state index contributed by atoms with van der Waals surface area (Å²) in [6.07, 6.45) is 1.97. The standard InChI is InChI=1S/C23H23ClN4O4/c1-13(28-8-6-14(29)12-28)27-19-4-3-15(9-18(19)24)32-21-5-7-26-20-11-22(31-2)17(23(25)30)10-16(20)21/h3-5,7,9-11,14,27,29H,1,6,8,12H2,2H3,(H2,25,30)/t14-/m0/s1. The number of primary amides is 1. The lowest BCUT2D eigenvalue weighted by Gasteiger charge is -2.22. The lowest BCUT2D eigenvalue weighted by atomic mass is 10.1. The summed E-state index contributed by atoms with van der Waals surface area (Å²) in [6.45, 7) is 5.30. The molecule has 1 atom stereocenters. The number of likely N-dealkylation sites (tertiary alicyclic amines) is 1. The summed E-state index contributed by atoms with van der Waals surface area (Å²) >= 11 is 6.46. The summed E-state index contributed by atoms with van der Waals surface area (Å²) < 4.78 is 11.3. The highest BCUT2D eigenvalue weighted by Crippen LogP contribution is 2.35. The number of β-amino-alcohol motifs (C(OH)–C–C–N with tert-alkyl or cyclic N) is 1. The summed E-state index contributed by atoms with van der Waals surface area (Å²) in [4.78, 5) is 18.1. The Morgan fingerprint density at radius 2 is 2.12 bits per heavy atom. The van der Waals surface area contributed by atoms with Crippen LogP contribution in [0.25, 0.3) is 10.9 Å². The summed E-state index contributed by atoms with van der Waals surface area (Å²) in [6, 6.07) is 10.2. The topological polar surface area (TPSA) is 110 Å². The van der Waals surface area contributed by atoms with Crippen LogP contribution >= 0.6 is 11.6 Å². The molecule has 4 N–H and O–H groups in total. The summed E-state index contributed by atoms with van der Waals surface area (Å²) in [5.41, 5.74) is 6.99. The molecule has 1 fully saturated rings. The van der Waals surface area contributed by atoms with Crippen LogP contribution in [0.15, 0.2) is 55.0 Å². The Morgan fingerprint density at radius 3 is 2.78 bits per heavy atom. The largest absolute Gasteiger partial charge is 0.496 e. The first kappa shape index (κ1) is 21.7. The number of methoxy groups -OCH3 is 1. The molecule has 1 aliphatic heterocycles. The zero-order valence-corrected chi connectivity index (χ0v) is 18.2. The number of pyridine rings is 1. The molecule has 4 rings (SSSR count). The predicted octanol–water partition coefficient (Wildman–Crippen LogP) is 3.74. The van der Waals surface area contributed by atoms with E-state index in [-0.39, 0.29) is 11.7 Å². The molecule has 0 spiro atoms. The number of nitrogens with two attached hydrogens (primary N) is 1. The summed E-state index contributed by atoms with van der Waals surface area (Å²) in [7, 11) is 1.46. The van der Waals surface area contributed by atoms with Crippen LogP contribution in [0.4, 0.5) is 5.69 Å². The van der Waals surface area contributed by atoms with E-state index >= 15 is 0 Å². The number of aromatic nitrogens is 1. The molecular formula is C23H23ClN4O4. The highest BCUT2D eigenvalue weighted by Gasteiger charge is 2.21. The molecule has 8 nitrogen and oxygen atoms in total. The number of fused-ring (bicyclic) bond motifs is 1. The van der Waals surface area contributed by atoms with Crippen molar-refractivity contribution in [2.24, 2.45) is 5.73 Å². The second-order valence-corrected chi connectivity index (χ2v) is 7.85. The van der Waals surface area contributed by atoms with Gasteiger partial charge in [0.25, 0.3) is 5.91 Å². The van der Waals surface area contributed by atoms with Gasteiger partial charge in [0.1, 0.15) is 17.2 Å². The van der Waals surface area contributed by atoms with Crippen molar-refractivity contribution in [3.63, 3.8) is 0 Å². The fourth-order valence-electron chi connectivity index (χ4n) is 3.61. The van der Waals surface area contributed by atoms with Crippen molar-refractivity contribution in [3.05, 3.63) is 65.6 Å². The smallest absolute Gasteiger partial charge is 0.252 e. The number of ether oxygens (including phenoxy) is 2. The maximum Gasteiger partial charge on any atom is 0.252 e. The Bertz CT molecular complexity index is 1200. The maximum atomic E-state index is 11.8. The van der Waals surface area contributed by atoms with Crippen molar-refractivity contribution in [1.29, 1.82) is 0 Å². The molecule has 9 heteroatoms. The zero-order chi connectivity index (χ0) is 22.8. The van der Waals surface area contributed by atoms with Gasteiger partial charge in [-0.25, -0.2) is 0 Å². The number of hydrogen-bond donors (Lipinski definition) is 3. The molecule has 0 saturated carbocycles. The van der Waals surface area contributed by atoms with Crippen molar-refractivity contribution in [2.45, 2.75) is 12.5 Å². The highest BCUT2D eigenvalue weighted by molar-refractivity contribution is 6.33. The molecule has 1 amide bonds. The first-order valence-electron chi connectivity index (χ1n) is 9.98. The molecule has 0 radical (unpaired) electrons. The molecule has 3 aromatic rings. The number of nitrogens with zero attached hydrogens (tertiary/aromatic N) is 2. The van der Waals surface area contributed by atoms with Gasteiger partial charge >= 0.3 is 0 Å². The third-order valence-corrected chi connectivity index (χ3v) is 5.59. The number of nitrogens with one attached hydrogen (secondary N) is 1. The van der Waals surface area contributed by atoms with E-state index < -0.39 is 5.91 Å². The van der Waals surface area contributed by atoms with Crippen molar-refractivity contribution in [2.75, 3.05) is 25.5 Å². The number of carbonyl (C=O) groups is 1. The van der Waals surface area contributed by atoms with E-state index in [9.17, 15) is 9.90 Å². The number of hydrogen-bond acceptors (Lipinski definition) is 7. The van der Waals surface area contributed by atoms with E-state index in [1.165, 1.54) is 7.11 Å². The number of rotatable bonds is 7. The first-order valence-corrected chi connectivity index (χ1v) is 10.4. The van der Waals surface area contributed by atoms with Gasteiger partial charge in [0, 0.05) is 36.8 Å². The van der Waals surface area contributed by atoms with E-state index in [0.29, 0.717) is 57.6 Å². The Kier molecular flexibility index (Phi) is 6.07. The molecule has 1 saturated heterocycles. The highest BCUT2D eigenvalue weighted by atomic mass is 35.5. The second kappa shape index (κ2) is 8.94. The molecule has 32 heavy (non-hydrogen) atoms. The molecule has 0 aliphatic carbocycles. The van der Waals surface area contributed by atoms with Crippen LogP contribution in [0.2, 0.25) is 5.02 Å². The molecule has 1 aromatic heterocycles. The van der Waals surface area contributed by atoms with Gasteiger partial charge in [0.2, 0.25) is 0 Å². The van der Waals surface area contributed by atoms with E-state index in [1.54, 1.807) is 42.6 Å². The zero-order valence-electron chi connectivity index (χ0n) is 17.5. The van der Waals surface area contributed by atoms with Crippen LogP contribution in [0.5, 0.6) is 17.2 Å². The monoisotopic (exact) mass is 454 g/mol. The van der Waals surface area contributed by atoms with Crippen molar-refractivity contribution in [1.82, 2.24) is 9.88 Å². The minimum Gasteiger partial charge on any atom is -0.496 e. The number of anilines is 1. The van der Waals surface area contributed by atoms with Gasteiger partial charge in [-0.15, -0.1) is 0 Å². The van der Waals surface area contributed by atoms with E-state index in [2.05, 4.69) is 16.9 Å². The van der Waals surface area contributed by atoms with Crippen LogP contribution < -0.4 is 20.5 Å². The quantitative estimate of drug-likeness (QED) is 0.498. The van der Waals surface area contributed by atoms with Gasteiger partial charge in [-0.1, -0.05) is 18.2 Å². The number of benzene rings is 2. The molecule has 0 unspecified atom stereocenters. The molecule has 166 valence electrons. The van der Waals surface area contributed by atoms with Crippen LogP contribution in [-0.4, -0.2) is 47.2 Å². The lowest BCUT2D eigenvalue weighted by Crippen LogP contribution is -2.25. The Balaban J connectivity index is 1.58. The van der Waals surface area contributed by atoms with E-state index in [1.807, 2.05) is 4.90 Å². The van der Waals surface area contributed by atoms with Crippen LogP contribution in [0.1, 0.15) is 16.8 Å². The van der Waals surface area contributed by atoms with E-state index in [4.69, 9.17) is 26.8 Å².